The van der Waals surface area contributed by atoms with Crippen LogP contribution in [0.2, 0.25) is 0 Å². The number of anilines is 1. The van der Waals surface area contributed by atoms with Crippen molar-refractivity contribution in [2.24, 2.45) is 0 Å². The first-order valence-corrected chi connectivity index (χ1v) is 8.57. The molecule has 0 bridgehead atoms. The zero-order valence-corrected chi connectivity index (χ0v) is 14.5. The van der Waals surface area contributed by atoms with Gasteiger partial charge in [-0.2, -0.15) is 0 Å². The van der Waals surface area contributed by atoms with E-state index in [0.29, 0.717) is 37.2 Å². The second kappa shape index (κ2) is 7.36. The smallest absolute Gasteiger partial charge is 0.317 e. The summed E-state index contributed by atoms with van der Waals surface area (Å²) in [6, 6.07) is 1.22. The van der Waals surface area contributed by atoms with E-state index >= 15 is 4.39 Å². The molecule has 136 valence electrons. The van der Waals surface area contributed by atoms with Crippen LogP contribution in [0.5, 0.6) is 5.75 Å². The summed E-state index contributed by atoms with van der Waals surface area (Å²) in [5.41, 5.74) is 0.993. The number of nitrogens with one attached hydrogen (secondary N) is 2. The van der Waals surface area contributed by atoms with Crippen molar-refractivity contribution in [2.45, 2.75) is 13.0 Å². The van der Waals surface area contributed by atoms with Gasteiger partial charge in [-0.1, -0.05) is 0 Å². The average Bonchev–Trinajstić information content (AvgIpc) is 3.00. The fraction of sp³-hybridized carbons (Fsp3) is 0.467. The molecule has 0 aromatic heterocycles. The Bertz CT molecular complexity index is 703. The van der Waals surface area contributed by atoms with Gasteiger partial charge in [0.05, 0.1) is 25.3 Å². The van der Waals surface area contributed by atoms with Crippen LogP contribution in [0, 0.1) is 5.82 Å². The number of rotatable bonds is 4. The predicted octanol–water partition coefficient (Wildman–Crippen LogP) is 0.745. The summed E-state index contributed by atoms with van der Waals surface area (Å²) < 4.78 is 23.8. The van der Waals surface area contributed by atoms with E-state index in [2.05, 4.69) is 10.0 Å². The number of nitrogens with zero attached hydrogens (tertiary/aromatic N) is 2. The Hall–Kier alpha value is -2.20. The lowest BCUT2D eigenvalue weighted by molar-refractivity contribution is -0.117. The van der Waals surface area contributed by atoms with Gasteiger partial charge in [-0.15, -0.1) is 0 Å². The lowest BCUT2D eigenvalue weighted by atomic mass is 9.97. The monoisotopic (exact) mass is 370 g/mol. The standard InChI is InChI=1S/C15H19FN4O4S/c1-24-5-3-17-15(23)19-4-2-9-6-11(21)14(13(16)10(9)7-19)20-8-12(22)18-25-20/h6,21H,2-5,7-8H2,1H3,(H,17,23)(H,18,22). The van der Waals surface area contributed by atoms with Crippen molar-refractivity contribution in [1.29, 1.82) is 0 Å². The van der Waals surface area contributed by atoms with E-state index in [1.54, 1.807) is 7.11 Å². The number of carbonyl (C=O) groups is 2. The van der Waals surface area contributed by atoms with E-state index in [9.17, 15) is 14.7 Å². The number of aromatic hydroxyl groups is 1. The first-order chi connectivity index (χ1) is 12.0. The number of halogens is 1. The molecule has 1 fully saturated rings. The number of methoxy groups -OCH3 is 1. The lowest BCUT2D eigenvalue weighted by Crippen LogP contribution is -2.44. The lowest BCUT2D eigenvalue weighted by Gasteiger charge is -2.30. The van der Waals surface area contributed by atoms with Crippen LogP contribution in [0.1, 0.15) is 11.1 Å². The van der Waals surface area contributed by atoms with Crippen LogP contribution < -0.4 is 14.3 Å². The van der Waals surface area contributed by atoms with Gasteiger partial charge in [0, 0.05) is 25.8 Å². The summed E-state index contributed by atoms with van der Waals surface area (Å²) >= 11 is 0.930. The molecule has 2 aliphatic heterocycles. The average molecular weight is 370 g/mol. The second-order valence-corrected chi connectivity index (χ2v) is 6.57. The van der Waals surface area contributed by atoms with Gasteiger partial charge in [0.25, 0.3) is 5.91 Å². The van der Waals surface area contributed by atoms with Crippen molar-refractivity contribution in [3.8, 4) is 5.75 Å². The highest BCUT2D eigenvalue weighted by atomic mass is 32.2. The summed E-state index contributed by atoms with van der Waals surface area (Å²) in [5.74, 6) is -1.08. The minimum atomic E-state index is -0.603. The molecular weight excluding hydrogens is 351 g/mol. The molecule has 0 aliphatic carbocycles. The predicted molar refractivity (Wildman–Crippen MR) is 90.5 cm³/mol. The fourth-order valence-corrected chi connectivity index (χ4v) is 3.57. The third kappa shape index (κ3) is 3.59. The van der Waals surface area contributed by atoms with Crippen molar-refractivity contribution in [3.63, 3.8) is 0 Å². The van der Waals surface area contributed by atoms with Gasteiger partial charge >= 0.3 is 6.03 Å². The van der Waals surface area contributed by atoms with Crippen molar-refractivity contribution in [3.05, 3.63) is 23.0 Å². The highest BCUT2D eigenvalue weighted by molar-refractivity contribution is 7.99. The Morgan fingerprint density at radius 3 is 3.00 bits per heavy atom. The molecule has 1 aromatic carbocycles. The third-order valence-corrected chi connectivity index (χ3v) is 4.94. The molecule has 0 spiro atoms. The van der Waals surface area contributed by atoms with Crippen molar-refractivity contribution < 1.29 is 23.8 Å². The maximum Gasteiger partial charge on any atom is 0.317 e. The normalized spacial score (nSPS) is 16.6. The van der Waals surface area contributed by atoms with Crippen LogP contribution in [-0.2, 0) is 22.5 Å². The number of phenolic OH excluding ortho intramolecular Hbond substituents is 1. The zero-order valence-electron chi connectivity index (χ0n) is 13.7. The van der Waals surface area contributed by atoms with Gasteiger partial charge in [-0.05, 0) is 18.1 Å². The number of carbonyl (C=O) groups excluding carboxylic acids is 2. The minimum Gasteiger partial charge on any atom is -0.506 e. The van der Waals surface area contributed by atoms with Crippen molar-refractivity contribution in [2.75, 3.05) is 37.7 Å². The minimum absolute atomic E-state index is 0.0382. The Kier molecular flexibility index (Phi) is 5.19. The molecule has 2 heterocycles. The Balaban J connectivity index is 1.81. The van der Waals surface area contributed by atoms with E-state index in [-0.39, 0.29) is 36.5 Å². The number of fused-ring (bicyclic) bond motifs is 1. The number of phenols is 1. The molecule has 1 aromatic rings. The number of amides is 3. The Morgan fingerprint density at radius 1 is 1.52 bits per heavy atom. The summed E-state index contributed by atoms with van der Waals surface area (Å²) in [4.78, 5) is 25.0. The molecule has 25 heavy (non-hydrogen) atoms. The Labute approximate surface area is 148 Å². The van der Waals surface area contributed by atoms with Gasteiger partial charge in [0.1, 0.15) is 18.0 Å². The topological polar surface area (TPSA) is 94.1 Å². The highest BCUT2D eigenvalue weighted by Gasteiger charge is 2.31. The highest BCUT2D eigenvalue weighted by Crippen LogP contribution is 2.40. The number of ether oxygens (including phenoxy) is 1. The largest absolute Gasteiger partial charge is 0.506 e. The van der Waals surface area contributed by atoms with Crippen LogP contribution in [0.3, 0.4) is 0 Å². The molecule has 10 heteroatoms. The van der Waals surface area contributed by atoms with Crippen molar-refractivity contribution >= 4 is 29.8 Å². The van der Waals surface area contributed by atoms with Crippen LogP contribution in [0.4, 0.5) is 14.9 Å². The molecule has 0 atom stereocenters. The van der Waals surface area contributed by atoms with Crippen molar-refractivity contribution in [1.82, 2.24) is 14.9 Å². The number of benzene rings is 1. The maximum atomic E-state index is 15.0. The SMILES string of the molecule is COCCNC(=O)N1CCc2cc(O)c(N3CC(=O)NS3)c(F)c2C1. The summed E-state index contributed by atoms with van der Waals surface area (Å²) in [7, 11) is 1.54. The van der Waals surface area contributed by atoms with Gasteiger partial charge < -0.3 is 20.1 Å². The maximum absolute atomic E-state index is 15.0. The molecule has 2 aliphatic rings. The second-order valence-electron chi connectivity index (χ2n) is 5.75. The molecule has 0 saturated carbocycles. The molecule has 0 unspecified atom stereocenters. The van der Waals surface area contributed by atoms with Gasteiger partial charge in [0.2, 0.25) is 0 Å². The summed E-state index contributed by atoms with van der Waals surface area (Å²) in [6.07, 6.45) is 0.447. The summed E-state index contributed by atoms with van der Waals surface area (Å²) in [6.45, 7) is 1.26. The van der Waals surface area contributed by atoms with Gasteiger partial charge in [0.15, 0.2) is 5.82 Å². The van der Waals surface area contributed by atoms with Crippen LogP contribution in [0.15, 0.2) is 6.07 Å². The molecule has 1 saturated heterocycles. The third-order valence-electron chi connectivity index (χ3n) is 4.09. The van der Waals surface area contributed by atoms with Crippen LogP contribution in [-0.4, -0.2) is 55.3 Å². The van der Waals surface area contributed by atoms with Gasteiger partial charge in [-0.3, -0.25) is 13.8 Å². The number of hydrogen-bond acceptors (Lipinski definition) is 6. The molecular formula is C15H19FN4O4S. The van der Waals surface area contributed by atoms with E-state index in [0.717, 1.165) is 12.1 Å². The number of hydrogen-bond donors (Lipinski definition) is 3. The Morgan fingerprint density at radius 2 is 2.32 bits per heavy atom. The molecule has 0 radical (unpaired) electrons. The zero-order chi connectivity index (χ0) is 18.0. The first-order valence-electron chi connectivity index (χ1n) is 7.79. The van der Waals surface area contributed by atoms with E-state index in [4.69, 9.17) is 4.74 Å². The first kappa shape index (κ1) is 17.6. The molecule has 3 amide bonds. The van der Waals surface area contributed by atoms with Crippen LogP contribution in [0.25, 0.3) is 0 Å². The van der Waals surface area contributed by atoms with Crippen LogP contribution >= 0.6 is 12.1 Å². The molecule has 3 N–H and O–H groups in total. The van der Waals surface area contributed by atoms with E-state index in [1.165, 1.54) is 15.3 Å². The molecule has 3 rings (SSSR count). The number of urea groups is 1. The van der Waals surface area contributed by atoms with E-state index < -0.39 is 5.82 Å². The quantitative estimate of drug-likeness (QED) is 0.535. The molecule has 8 nitrogen and oxygen atoms in total. The van der Waals surface area contributed by atoms with Gasteiger partial charge in [-0.25, -0.2) is 9.18 Å². The van der Waals surface area contributed by atoms with E-state index in [1.807, 2.05) is 0 Å². The fourth-order valence-electron chi connectivity index (χ4n) is 2.84. The summed E-state index contributed by atoms with van der Waals surface area (Å²) in [5, 5.41) is 12.9.